The SMILES string of the molecule is COc1ccccc1-c1nccc(COc2ccc3cc2C[C@H](OC=O)Oc2ncnc4sc(-c5ccc(F)cc5)c(c24)-c2ccc(c(Cl)c2C)O[C@H](CN2CCN(C)CC2)CO3)n1. The molecule has 0 aliphatic carbocycles. The maximum absolute atomic E-state index is 14.3. The van der Waals surface area contributed by atoms with Crippen LogP contribution >= 0.6 is 22.9 Å². The third-order valence-electron chi connectivity index (χ3n) is 11.3. The maximum Gasteiger partial charge on any atom is 0.296 e. The van der Waals surface area contributed by atoms with Crippen molar-refractivity contribution in [2.24, 2.45) is 0 Å². The van der Waals surface area contributed by atoms with E-state index in [0.717, 1.165) is 58.9 Å². The number of ether oxygens (including phenoxy) is 6. The molecule has 4 bridgehead atoms. The molecule has 0 spiro atoms. The first-order valence-electron chi connectivity index (χ1n) is 20.7. The van der Waals surface area contributed by atoms with E-state index in [4.69, 9.17) is 45.0 Å². The van der Waals surface area contributed by atoms with Gasteiger partial charge in [-0.1, -0.05) is 41.9 Å². The Balaban J connectivity index is 1.13. The van der Waals surface area contributed by atoms with Crippen LogP contribution in [0.4, 0.5) is 4.39 Å². The summed E-state index contributed by atoms with van der Waals surface area (Å²) < 4.78 is 51.8. The number of methoxy groups -OCH3 is 1. The Hall–Kier alpha value is -6.39. The fourth-order valence-electron chi connectivity index (χ4n) is 7.91. The minimum Gasteiger partial charge on any atom is -0.496 e. The van der Waals surface area contributed by atoms with Gasteiger partial charge in [-0.2, -0.15) is 0 Å². The quantitative estimate of drug-likeness (QED) is 0.122. The summed E-state index contributed by atoms with van der Waals surface area (Å²) in [5.74, 6) is 2.48. The number of carbonyl (C=O) groups is 1. The van der Waals surface area contributed by atoms with Crippen molar-refractivity contribution in [1.29, 1.82) is 0 Å². The van der Waals surface area contributed by atoms with Gasteiger partial charge in [-0.15, -0.1) is 11.3 Å². The zero-order valence-corrected chi connectivity index (χ0v) is 36.9. The van der Waals surface area contributed by atoms with Crippen molar-refractivity contribution in [2.75, 3.05) is 53.5 Å². The third-order valence-corrected chi connectivity index (χ3v) is 12.9. The number of carbonyl (C=O) groups excluding carboxylic acids is 1. The molecule has 7 aromatic rings. The van der Waals surface area contributed by atoms with Gasteiger partial charge in [0.15, 0.2) is 5.82 Å². The Labute approximate surface area is 378 Å². The molecule has 13 nitrogen and oxygen atoms in total. The maximum atomic E-state index is 14.3. The Morgan fingerprint density at radius 1 is 0.938 bits per heavy atom. The number of thiophene rings is 1. The molecule has 0 N–H and O–H groups in total. The van der Waals surface area contributed by atoms with Crippen LogP contribution in [0.3, 0.4) is 0 Å². The predicted octanol–water partition coefficient (Wildman–Crippen LogP) is 8.68. The lowest BCUT2D eigenvalue weighted by Gasteiger charge is -2.34. The zero-order chi connectivity index (χ0) is 44.2. The largest absolute Gasteiger partial charge is 0.496 e. The van der Waals surface area contributed by atoms with Crippen LogP contribution in [0.1, 0.15) is 16.8 Å². The van der Waals surface area contributed by atoms with Crippen molar-refractivity contribution >= 4 is 39.6 Å². The summed E-state index contributed by atoms with van der Waals surface area (Å²) in [4.78, 5) is 36.8. The molecular formula is C48H44ClFN6O7S. The average Bonchev–Trinajstić information content (AvgIpc) is 3.70. The number of fused-ring (bicyclic) bond motifs is 7. The van der Waals surface area contributed by atoms with Crippen molar-refractivity contribution in [3.8, 4) is 61.8 Å². The van der Waals surface area contributed by atoms with E-state index >= 15 is 0 Å². The first-order chi connectivity index (χ1) is 31.2. The second-order valence-electron chi connectivity index (χ2n) is 15.5. The van der Waals surface area contributed by atoms with E-state index in [1.54, 1.807) is 31.5 Å². The third kappa shape index (κ3) is 9.29. The first kappa shape index (κ1) is 42.9. The zero-order valence-electron chi connectivity index (χ0n) is 35.3. The van der Waals surface area contributed by atoms with Gasteiger partial charge in [0.1, 0.15) is 59.3 Å². The van der Waals surface area contributed by atoms with E-state index < -0.39 is 12.4 Å². The van der Waals surface area contributed by atoms with Crippen molar-refractivity contribution in [1.82, 2.24) is 29.7 Å². The lowest BCUT2D eigenvalue weighted by atomic mass is 9.96. The van der Waals surface area contributed by atoms with E-state index in [0.29, 0.717) is 68.3 Å². The Morgan fingerprint density at radius 3 is 2.58 bits per heavy atom. The summed E-state index contributed by atoms with van der Waals surface area (Å²) in [6.07, 6.45) is 1.52. The molecule has 0 saturated carbocycles. The molecule has 16 heteroatoms. The fraction of sp³-hybridized carbons (Fsp3) is 0.271. The molecule has 3 aliphatic rings. The highest BCUT2D eigenvalue weighted by Gasteiger charge is 2.28. The van der Waals surface area contributed by atoms with Crippen LogP contribution < -0.4 is 23.7 Å². The van der Waals surface area contributed by atoms with Crippen molar-refractivity contribution in [3.63, 3.8) is 0 Å². The van der Waals surface area contributed by atoms with E-state index in [1.165, 1.54) is 29.8 Å². The van der Waals surface area contributed by atoms with Gasteiger partial charge >= 0.3 is 0 Å². The number of benzene rings is 4. The van der Waals surface area contributed by atoms with Gasteiger partial charge in [-0.3, -0.25) is 9.69 Å². The van der Waals surface area contributed by atoms with E-state index in [2.05, 4.69) is 31.8 Å². The smallest absolute Gasteiger partial charge is 0.296 e. The number of hydrogen-bond acceptors (Lipinski definition) is 14. The van der Waals surface area contributed by atoms with Crippen LogP contribution in [-0.4, -0.2) is 102 Å². The fourth-order valence-corrected chi connectivity index (χ4v) is 9.27. The summed E-state index contributed by atoms with van der Waals surface area (Å²) in [6.45, 7) is 6.79. The Morgan fingerprint density at radius 2 is 1.77 bits per heavy atom. The Bertz CT molecular complexity index is 2790. The van der Waals surface area contributed by atoms with Gasteiger partial charge in [0.2, 0.25) is 12.2 Å². The molecule has 0 radical (unpaired) electrons. The number of halogens is 2. The van der Waals surface area contributed by atoms with Crippen LogP contribution in [0.15, 0.2) is 97.5 Å². The van der Waals surface area contributed by atoms with Crippen LogP contribution in [0.2, 0.25) is 5.02 Å². The van der Waals surface area contributed by atoms with Gasteiger partial charge < -0.3 is 33.3 Å². The summed E-state index contributed by atoms with van der Waals surface area (Å²) in [7, 11) is 3.73. The number of nitrogens with zero attached hydrogens (tertiary/aromatic N) is 6. The average molecular weight is 903 g/mol. The molecule has 2 atom stereocenters. The summed E-state index contributed by atoms with van der Waals surface area (Å²) >= 11 is 8.65. The predicted molar refractivity (Wildman–Crippen MR) is 242 cm³/mol. The molecule has 3 aromatic heterocycles. The van der Waals surface area contributed by atoms with Crippen LogP contribution in [0, 0.1) is 12.7 Å². The molecule has 6 heterocycles. The van der Waals surface area contributed by atoms with Crippen LogP contribution in [-0.2, 0) is 22.6 Å². The number of aromatic nitrogens is 4. The molecule has 10 rings (SSSR count). The monoisotopic (exact) mass is 902 g/mol. The van der Waals surface area contributed by atoms with Gasteiger partial charge in [-0.05, 0) is 85.3 Å². The number of hydrogen-bond donors (Lipinski definition) is 0. The molecule has 328 valence electrons. The second kappa shape index (κ2) is 19.2. The molecule has 0 unspecified atom stereocenters. The minimum absolute atomic E-state index is 0.0394. The summed E-state index contributed by atoms with van der Waals surface area (Å²) in [5.41, 5.74) is 4.99. The topological polar surface area (TPSA) is 130 Å². The van der Waals surface area contributed by atoms with Crippen molar-refractivity contribution < 1.29 is 37.6 Å². The molecule has 1 saturated heterocycles. The van der Waals surface area contributed by atoms with Gasteiger partial charge in [0.05, 0.1) is 35.2 Å². The highest BCUT2D eigenvalue weighted by atomic mass is 35.5. The van der Waals surface area contributed by atoms with Crippen molar-refractivity contribution in [2.45, 2.75) is 32.3 Å². The summed E-state index contributed by atoms with van der Waals surface area (Å²) in [6, 6.07) is 24.9. The van der Waals surface area contributed by atoms with Gasteiger partial charge in [-0.25, -0.2) is 24.3 Å². The molecule has 0 amide bonds. The minimum atomic E-state index is -1.18. The first-order valence-corrected chi connectivity index (χ1v) is 21.9. The van der Waals surface area contributed by atoms with Crippen LogP contribution in [0.25, 0.3) is 43.2 Å². The number of para-hydroxylation sites is 1. The van der Waals surface area contributed by atoms with Crippen molar-refractivity contribution in [3.05, 3.63) is 125 Å². The number of likely N-dealkylation sites (N-methyl/N-ethyl adjacent to an activating group) is 1. The van der Waals surface area contributed by atoms with Gasteiger partial charge in [0.25, 0.3) is 6.47 Å². The molecule has 3 aliphatic heterocycles. The van der Waals surface area contributed by atoms with Gasteiger partial charge in [0, 0.05) is 54.9 Å². The van der Waals surface area contributed by atoms with E-state index in [-0.39, 0.29) is 31.3 Å². The van der Waals surface area contributed by atoms with E-state index in [1.807, 2.05) is 61.5 Å². The standard InChI is InChI=1S/C48H44ClFN6O7S/c1-29-36-13-15-40(44(29)49)62-35(24-56-20-18-55(2)19-21-56)26-59-34-12-14-38(60-25-33-16-17-51-46(54-33)37-6-4-5-7-39(37)58-3)31(22-34)23-41(61-28-57)63-47-43-42(36)45(64-48(43)53-27-52-47)30-8-10-32(50)11-9-30/h4-17,22,27-28,35,41H,18-21,23-26H2,1-3H3/t35-,41-/m1/s1. The number of rotatable bonds is 10. The second-order valence-corrected chi connectivity index (χ2v) is 16.9. The normalized spacial score (nSPS) is 16.9. The Kier molecular flexibility index (Phi) is 12.8. The summed E-state index contributed by atoms with van der Waals surface area (Å²) in [5, 5.41) is 0.998. The lowest BCUT2D eigenvalue weighted by Crippen LogP contribution is -2.49. The number of piperazine rings is 1. The molecular weight excluding hydrogens is 859 g/mol. The highest BCUT2D eigenvalue weighted by Crippen LogP contribution is 2.49. The van der Waals surface area contributed by atoms with Crippen LogP contribution in [0.5, 0.6) is 28.9 Å². The highest BCUT2D eigenvalue weighted by molar-refractivity contribution is 7.22. The lowest BCUT2D eigenvalue weighted by molar-refractivity contribution is -0.147. The molecule has 1 fully saturated rings. The molecule has 4 aromatic carbocycles. The molecule has 64 heavy (non-hydrogen) atoms. The van der Waals surface area contributed by atoms with E-state index in [9.17, 15) is 9.18 Å².